The molecule has 1 aliphatic heterocycles. The summed E-state index contributed by atoms with van der Waals surface area (Å²) >= 11 is 0. The maximum Gasteiger partial charge on any atom is 0.321 e. The molecule has 7 nitrogen and oxygen atoms in total. The number of aryl methyl sites for hydroxylation is 2. The quantitative estimate of drug-likeness (QED) is 0.451. The largest absolute Gasteiger partial charge is 0.336 e. The van der Waals surface area contributed by atoms with Gasteiger partial charge in [0.2, 0.25) is 0 Å². The van der Waals surface area contributed by atoms with Crippen molar-refractivity contribution in [3.05, 3.63) is 95.7 Å². The Morgan fingerprint density at radius 2 is 1.71 bits per heavy atom. The van der Waals surface area contributed by atoms with Crippen molar-refractivity contribution in [2.75, 3.05) is 23.3 Å². The monoisotopic (exact) mass is 451 g/mol. The number of para-hydroxylation sites is 1. The first-order chi connectivity index (χ1) is 16.5. The second-order valence-electron chi connectivity index (χ2n) is 8.36. The molecule has 7 heteroatoms. The Kier molecular flexibility index (Phi) is 5.59. The van der Waals surface area contributed by atoms with E-state index < -0.39 is 0 Å². The van der Waals surface area contributed by atoms with Crippen molar-refractivity contribution in [1.82, 2.24) is 15.1 Å². The van der Waals surface area contributed by atoms with Crippen LogP contribution < -0.4 is 15.5 Å². The second kappa shape index (κ2) is 8.86. The molecule has 0 aliphatic carbocycles. The van der Waals surface area contributed by atoms with Crippen molar-refractivity contribution in [3.8, 4) is 16.9 Å². The molecule has 2 heterocycles. The zero-order valence-electron chi connectivity index (χ0n) is 19.1. The molecule has 1 aliphatic rings. The number of carbonyl (C=O) groups excluding carboxylic acids is 2. The van der Waals surface area contributed by atoms with E-state index in [9.17, 15) is 9.59 Å². The number of anilines is 2. The van der Waals surface area contributed by atoms with Gasteiger partial charge in [0.25, 0.3) is 5.91 Å². The molecule has 0 bridgehead atoms. The Morgan fingerprint density at radius 3 is 2.38 bits per heavy atom. The summed E-state index contributed by atoms with van der Waals surface area (Å²) in [5.74, 6) is -0.248. The van der Waals surface area contributed by atoms with Gasteiger partial charge in [0, 0.05) is 36.2 Å². The van der Waals surface area contributed by atoms with Gasteiger partial charge in [-0.05, 0) is 67.4 Å². The number of nitrogens with zero attached hydrogens (tertiary/aromatic N) is 3. The van der Waals surface area contributed by atoms with Crippen molar-refractivity contribution in [2.45, 2.75) is 13.8 Å². The molecule has 2 N–H and O–H groups in total. The van der Waals surface area contributed by atoms with Gasteiger partial charge < -0.3 is 10.6 Å². The lowest BCUT2D eigenvalue weighted by molar-refractivity contribution is 0.102. The van der Waals surface area contributed by atoms with Crippen LogP contribution in [0.2, 0.25) is 0 Å². The van der Waals surface area contributed by atoms with Gasteiger partial charge in [0.05, 0.1) is 11.3 Å². The van der Waals surface area contributed by atoms with Gasteiger partial charge in [0.1, 0.15) is 5.69 Å². The van der Waals surface area contributed by atoms with Crippen LogP contribution in [0.4, 0.5) is 16.2 Å². The van der Waals surface area contributed by atoms with Crippen LogP contribution in [0.1, 0.15) is 21.5 Å². The van der Waals surface area contributed by atoms with Gasteiger partial charge >= 0.3 is 6.03 Å². The van der Waals surface area contributed by atoms with Gasteiger partial charge in [-0.25, -0.2) is 9.48 Å². The average molecular weight is 452 g/mol. The lowest BCUT2D eigenvalue weighted by atomic mass is 10.0. The Labute approximate surface area is 198 Å². The number of nitrogens with one attached hydrogen (secondary N) is 2. The smallest absolute Gasteiger partial charge is 0.321 e. The van der Waals surface area contributed by atoms with Gasteiger partial charge in [-0.2, -0.15) is 5.10 Å². The van der Waals surface area contributed by atoms with Crippen LogP contribution in [0, 0.1) is 13.8 Å². The van der Waals surface area contributed by atoms with E-state index in [2.05, 4.69) is 30.5 Å². The average Bonchev–Trinajstić information content (AvgIpc) is 3.49. The predicted molar refractivity (Wildman–Crippen MR) is 134 cm³/mol. The standard InChI is InChI=1S/C27H25N5O2/c1-18-8-9-20(16-19(18)2)25-24(17-32(30-25)23-6-4-3-5-7-23)26(33)29-21-10-12-22(13-11-21)31-15-14-28-27(31)34/h3-13,16-17H,14-15H2,1-2H3,(H,28,34)(H,29,33). The summed E-state index contributed by atoms with van der Waals surface area (Å²) in [5, 5.41) is 10.5. The third-order valence-corrected chi connectivity index (χ3v) is 6.05. The third kappa shape index (κ3) is 4.15. The van der Waals surface area contributed by atoms with Crippen LogP contribution in [0.15, 0.2) is 79.0 Å². The van der Waals surface area contributed by atoms with E-state index >= 15 is 0 Å². The number of hydrogen-bond acceptors (Lipinski definition) is 3. The lowest BCUT2D eigenvalue weighted by Gasteiger charge is -2.14. The molecule has 3 aromatic carbocycles. The molecule has 5 rings (SSSR count). The van der Waals surface area contributed by atoms with E-state index in [1.807, 2.05) is 54.6 Å². The van der Waals surface area contributed by atoms with E-state index in [0.29, 0.717) is 30.0 Å². The van der Waals surface area contributed by atoms with Crippen LogP contribution in [-0.4, -0.2) is 34.8 Å². The van der Waals surface area contributed by atoms with Crippen LogP contribution >= 0.6 is 0 Å². The molecule has 170 valence electrons. The molecule has 4 aromatic rings. The highest BCUT2D eigenvalue weighted by Crippen LogP contribution is 2.27. The minimum atomic E-state index is -0.248. The molecule has 0 atom stereocenters. The lowest BCUT2D eigenvalue weighted by Crippen LogP contribution is -2.27. The first-order valence-corrected chi connectivity index (χ1v) is 11.2. The second-order valence-corrected chi connectivity index (χ2v) is 8.36. The summed E-state index contributed by atoms with van der Waals surface area (Å²) in [6, 6.07) is 23.0. The molecule has 3 amide bonds. The fraction of sp³-hybridized carbons (Fsp3) is 0.148. The molecular weight excluding hydrogens is 426 g/mol. The van der Waals surface area contributed by atoms with Crippen molar-refractivity contribution >= 4 is 23.3 Å². The van der Waals surface area contributed by atoms with Crippen molar-refractivity contribution in [3.63, 3.8) is 0 Å². The number of amides is 3. The van der Waals surface area contributed by atoms with E-state index in [4.69, 9.17) is 5.10 Å². The minimum Gasteiger partial charge on any atom is -0.336 e. The maximum atomic E-state index is 13.4. The first-order valence-electron chi connectivity index (χ1n) is 11.2. The summed E-state index contributed by atoms with van der Waals surface area (Å²) < 4.78 is 1.73. The number of hydrogen-bond donors (Lipinski definition) is 2. The van der Waals surface area contributed by atoms with Gasteiger partial charge in [-0.15, -0.1) is 0 Å². The zero-order chi connectivity index (χ0) is 23.7. The highest BCUT2D eigenvalue weighted by Gasteiger charge is 2.22. The fourth-order valence-electron chi connectivity index (χ4n) is 4.00. The molecule has 0 radical (unpaired) electrons. The maximum absolute atomic E-state index is 13.4. The number of rotatable bonds is 5. The Bertz CT molecular complexity index is 1360. The predicted octanol–water partition coefficient (Wildman–Crippen LogP) is 4.94. The summed E-state index contributed by atoms with van der Waals surface area (Å²) in [7, 11) is 0. The molecule has 0 unspecified atom stereocenters. The topological polar surface area (TPSA) is 79.3 Å². The summed E-state index contributed by atoms with van der Waals surface area (Å²) in [4.78, 5) is 26.9. The highest BCUT2D eigenvalue weighted by atomic mass is 16.2. The van der Waals surface area contributed by atoms with E-state index in [1.165, 1.54) is 5.56 Å². The summed E-state index contributed by atoms with van der Waals surface area (Å²) in [6.45, 7) is 5.37. The molecule has 1 aromatic heterocycles. The normalized spacial score (nSPS) is 13.1. The Hall–Kier alpha value is -4.39. The van der Waals surface area contributed by atoms with Gasteiger partial charge in [-0.1, -0.05) is 30.3 Å². The number of aromatic nitrogens is 2. The van der Waals surface area contributed by atoms with Crippen LogP contribution in [0.5, 0.6) is 0 Å². The molecular formula is C27H25N5O2. The van der Waals surface area contributed by atoms with E-state index in [-0.39, 0.29) is 11.9 Å². The van der Waals surface area contributed by atoms with Gasteiger partial charge in [-0.3, -0.25) is 9.69 Å². The number of urea groups is 1. The van der Waals surface area contributed by atoms with Crippen molar-refractivity contribution < 1.29 is 9.59 Å². The summed E-state index contributed by atoms with van der Waals surface area (Å²) in [6.07, 6.45) is 1.76. The molecule has 0 saturated carbocycles. The molecule has 0 spiro atoms. The third-order valence-electron chi connectivity index (χ3n) is 6.05. The van der Waals surface area contributed by atoms with Crippen LogP contribution in [-0.2, 0) is 0 Å². The van der Waals surface area contributed by atoms with E-state index in [0.717, 1.165) is 22.5 Å². The zero-order valence-corrected chi connectivity index (χ0v) is 19.1. The molecule has 34 heavy (non-hydrogen) atoms. The minimum absolute atomic E-state index is 0.108. The van der Waals surface area contributed by atoms with Crippen molar-refractivity contribution in [2.24, 2.45) is 0 Å². The fourth-order valence-corrected chi connectivity index (χ4v) is 4.00. The summed E-state index contributed by atoms with van der Waals surface area (Å²) in [5.41, 5.74) is 6.62. The van der Waals surface area contributed by atoms with Crippen molar-refractivity contribution in [1.29, 1.82) is 0 Å². The van der Waals surface area contributed by atoms with Gasteiger partial charge in [0.15, 0.2) is 0 Å². The Balaban J connectivity index is 1.46. The van der Waals surface area contributed by atoms with Crippen LogP contribution in [0.3, 0.4) is 0 Å². The molecule has 1 fully saturated rings. The first kappa shape index (κ1) is 21.5. The number of carbonyl (C=O) groups is 2. The number of benzene rings is 3. The Morgan fingerprint density at radius 1 is 0.941 bits per heavy atom. The van der Waals surface area contributed by atoms with Crippen LogP contribution in [0.25, 0.3) is 16.9 Å². The molecule has 1 saturated heterocycles. The SMILES string of the molecule is Cc1ccc(-c2nn(-c3ccccc3)cc2C(=O)Nc2ccc(N3CCNC3=O)cc2)cc1C. The highest BCUT2D eigenvalue weighted by molar-refractivity contribution is 6.08. The van der Waals surface area contributed by atoms with E-state index in [1.54, 1.807) is 27.9 Å².